The van der Waals surface area contributed by atoms with Gasteiger partial charge in [0.1, 0.15) is 0 Å². The van der Waals surface area contributed by atoms with E-state index in [1.165, 1.54) is 5.56 Å². The normalized spacial score (nSPS) is 11.5. The fourth-order valence-corrected chi connectivity index (χ4v) is 2.74. The molecule has 2 aromatic carbocycles. The number of H-pyrrole nitrogens is 1. The Labute approximate surface area is 155 Å². The van der Waals surface area contributed by atoms with Crippen LogP contribution < -0.4 is 4.90 Å². The Morgan fingerprint density at radius 3 is 2.19 bits per heavy atom. The van der Waals surface area contributed by atoms with Crippen molar-refractivity contribution < 1.29 is 4.74 Å². The van der Waals surface area contributed by atoms with Gasteiger partial charge >= 0.3 is 0 Å². The maximum atomic E-state index is 6.00. The van der Waals surface area contributed by atoms with E-state index >= 15 is 0 Å². The van der Waals surface area contributed by atoms with E-state index < -0.39 is 0 Å². The van der Waals surface area contributed by atoms with Crippen LogP contribution in [0.1, 0.15) is 32.0 Å². The largest absolute Gasteiger partial charge is 0.370 e. The molecule has 4 heteroatoms. The van der Waals surface area contributed by atoms with Crippen LogP contribution in [0.15, 0.2) is 60.7 Å². The van der Waals surface area contributed by atoms with Crippen molar-refractivity contribution in [1.29, 1.82) is 0 Å². The standard InChI is InChI=1S/C22H27N3O/c1-22(2,3)26-16-19-20(18-13-9-6-10-14-18)24-21(23-19)25(4)15-17-11-7-5-8-12-17/h5-14H,15-16H2,1-4H3,(H,23,24). The molecule has 0 bridgehead atoms. The Morgan fingerprint density at radius 1 is 0.962 bits per heavy atom. The summed E-state index contributed by atoms with van der Waals surface area (Å²) in [7, 11) is 2.05. The summed E-state index contributed by atoms with van der Waals surface area (Å²) < 4.78 is 6.00. The Kier molecular flexibility index (Phi) is 5.43. The smallest absolute Gasteiger partial charge is 0.203 e. The van der Waals surface area contributed by atoms with Gasteiger partial charge in [-0.2, -0.15) is 0 Å². The van der Waals surface area contributed by atoms with Crippen LogP contribution >= 0.6 is 0 Å². The Hall–Kier alpha value is -2.59. The number of hydrogen-bond donors (Lipinski definition) is 1. The quantitative estimate of drug-likeness (QED) is 0.679. The second-order valence-electron chi connectivity index (χ2n) is 7.50. The lowest BCUT2D eigenvalue weighted by atomic mass is 10.1. The van der Waals surface area contributed by atoms with E-state index in [0.717, 1.165) is 29.4 Å². The first-order valence-corrected chi connectivity index (χ1v) is 8.96. The summed E-state index contributed by atoms with van der Waals surface area (Å²) in [6.07, 6.45) is 0. The molecule has 0 aliphatic carbocycles. The number of benzene rings is 2. The summed E-state index contributed by atoms with van der Waals surface area (Å²) in [4.78, 5) is 10.5. The van der Waals surface area contributed by atoms with Gasteiger partial charge in [-0.3, -0.25) is 0 Å². The minimum absolute atomic E-state index is 0.199. The second kappa shape index (κ2) is 7.75. The molecule has 0 aliphatic heterocycles. The summed E-state index contributed by atoms with van der Waals surface area (Å²) in [6.45, 7) is 7.48. The third-order valence-electron chi connectivity index (χ3n) is 4.09. The van der Waals surface area contributed by atoms with E-state index in [0.29, 0.717) is 6.61 Å². The van der Waals surface area contributed by atoms with Crippen molar-refractivity contribution >= 4 is 5.95 Å². The number of nitrogens with zero attached hydrogens (tertiary/aromatic N) is 2. The van der Waals surface area contributed by atoms with E-state index in [2.05, 4.69) is 74.1 Å². The summed E-state index contributed by atoms with van der Waals surface area (Å²) in [6, 6.07) is 20.7. The van der Waals surface area contributed by atoms with Gasteiger partial charge in [0.05, 0.1) is 23.6 Å². The Balaban J connectivity index is 1.87. The minimum atomic E-state index is -0.199. The molecule has 3 aromatic rings. The van der Waals surface area contributed by atoms with Gasteiger partial charge < -0.3 is 14.6 Å². The van der Waals surface area contributed by atoms with Crippen molar-refractivity contribution in [3.8, 4) is 11.3 Å². The Bertz CT molecular complexity index is 820. The highest BCUT2D eigenvalue weighted by Crippen LogP contribution is 2.26. The van der Waals surface area contributed by atoms with Crippen LogP contribution in [0.5, 0.6) is 0 Å². The topological polar surface area (TPSA) is 41.2 Å². The van der Waals surface area contributed by atoms with Crippen molar-refractivity contribution in [3.63, 3.8) is 0 Å². The average molecular weight is 349 g/mol. The predicted molar refractivity (Wildman–Crippen MR) is 107 cm³/mol. The van der Waals surface area contributed by atoms with Crippen LogP contribution in [0.4, 0.5) is 5.95 Å². The highest BCUT2D eigenvalue weighted by atomic mass is 16.5. The minimum Gasteiger partial charge on any atom is -0.370 e. The number of rotatable bonds is 6. The zero-order chi connectivity index (χ0) is 18.6. The van der Waals surface area contributed by atoms with Crippen molar-refractivity contribution in [2.75, 3.05) is 11.9 Å². The summed E-state index contributed by atoms with van der Waals surface area (Å²) in [5.74, 6) is 0.847. The molecule has 0 saturated carbocycles. The molecule has 0 unspecified atom stereocenters. The molecule has 3 rings (SSSR count). The lowest BCUT2D eigenvalue weighted by molar-refractivity contribution is -0.0161. The first-order chi connectivity index (χ1) is 12.4. The predicted octanol–water partition coefficient (Wildman–Crippen LogP) is 5.03. The maximum Gasteiger partial charge on any atom is 0.203 e. The van der Waals surface area contributed by atoms with E-state index in [-0.39, 0.29) is 5.60 Å². The van der Waals surface area contributed by atoms with Crippen LogP contribution in [0.2, 0.25) is 0 Å². The number of hydrogen-bond acceptors (Lipinski definition) is 3. The van der Waals surface area contributed by atoms with Crippen molar-refractivity contribution in [2.24, 2.45) is 0 Å². The first-order valence-electron chi connectivity index (χ1n) is 8.96. The molecular weight excluding hydrogens is 322 g/mol. The third-order valence-corrected chi connectivity index (χ3v) is 4.09. The first kappa shape index (κ1) is 18.2. The van der Waals surface area contributed by atoms with E-state index in [9.17, 15) is 0 Å². The molecule has 136 valence electrons. The zero-order valence-electron chi connectivity index (χ0n) is 16.0. The van der Waals surface area contributed by atoms with Crippen LogP contribution in [0, 0.1) is 0 Å². The van der Waals surface area contributed by atoms with Gasteiger partial charge in [0, 0.05) is 19.2 Å². The summed E-state index contributed by atoms with van der Waals surface area (Å²) in [5, 5.41) is 0. The molecule has 0 aliphatic rings. The molecule has 0 atom stereocenters. The molecule has 26 heavy (non-hydrogen) atoms. The van der Waals surface area contributed by atoms with Gasteiger partial charge in [-0.05, 0) is 26.3 Å². The zero-order valence-corrected chi connectivity index (χ0v) is 16.0. The van der Waals surface area contributed by atoms with Gasteiger partial charge in [0.2, 0.25) is 5.95 Å². The lowest BCUT2D eigenvalue weighted by Gasteiger charge is -2.19. The number of anilines is 1. The van der Waals surface area contributed by atoms with Crippen molar-refractivity contribution in [2.45, 2.75) is 39.5 Å². The second-order valence-corrected chi connectivity index (χ2v) is 7.50. The molecule has 1 aromatic heterocycles. The molecule has 0 spiro atoms. The number of nitrogens with one attached hydrogen (secondary N) is 1. The van der Waals surface area contributed by atoms with Gasteiger partial charge in [-0.1, -0.05) is 60.7 Å². The summed E-state index contributed by atoms with van der Waals surface area (Å²) >= 11 is 0. The lowest BCUT2D eigenvalue weighted by Crippen LogP contribution is -2.19. The van der Waals surface area contributed by atoms with E-state index in [1.807, 2.05) is 24.3 Å². The SMILES string of the molecule is CN(Cc1ccccc1)c1nc(-c2ccccc2)c(COC(C)(C)C)[nH]1. The molecule has 0 amide bonds. The van der Waals surface area contributed by atoms with Crippen molar-refractivity contribution in [1.82, 2.24) is 9.97 Å². The number of aromatic amines is 1. The fourth-order valence-electron chi connectivity index (χ4n) is 2.74. The van der Waals surface area contributed by atoms with Crippen molar-refractivity contribution in [3.05, 3.63) is 71.9 Å². The van der Waals surface area contributed by atoms with Gasteiger partial charge in [0.15, 0.2) is 0 Å². The average Bonchev–Trinajstić information content (AvgIpc) is 3.05. The Morgan fingerprint density at radius 2 is 1.58 bits per heavy atom. The molecule has 1 heterocycles. The highest BCUT2D eigenvalue weighted by Gasteiger charge is 2.18. The molecule has 4 nitrogen and oxygen atoms in total. The molecule has 0 radical (unpaired) electrons. The van der Waals surface area contributed by atoms with Crippen LogP contribution in [-0.2, 0) is 17.9 Å². The van der Waals surface area contributed by atoms with Crippen LogP contribution in [0.25, 0.3) is 11.3 Å². The highest BCUT2D eigenvalue weighted by molar-refractivity contribution is 5.64. The van der Waals surface area contributed by atoms with E-state index in [1.54, 1.807) is 0 Å². The fraction of sp³-hybridized carbons (Fsp3) is 0.318. The van der Waals surface area contributed by atoms with Gasteiger partial charge in [-0.25, -0.2) is 4.98 Å². The molecular formula is C22H27N3O. The molecule has 1 N–H and O–H groups in total. The van der Waals surface area contributed by atoms with Crippen LogP contribution in [-0.4, -0.2) is 22.6 Å². The van der Waals surface area contributed by atoms with Gasteiger partial charge in [0.25, 0.3) is 0 Å². The van der Waals surface area contributed by atoms with Crippen LogP contribution in [0.3, 0.4) is 0 Å². The number of imidazole rings is 1. The number of aromatic nitrogens is 2. The molecule has 0 saturated heterocycles. The van der Waals surface area contributed by atoms with Gasteiger partial charge in [-0.15, -0.1) is 0 Å². The third kappa shape index (κ3) is 4.73. The maximum absolute atomic E-state index is 6.00. The van der Waals surface area contributed by atoms with E-state index in [4.69, 9.17) is 9.72 Å². The number of ether oxygens (including phenoxy) is 1. The molecule has 0 fully saturated rings. The summed E-state index contributed by atoms with van der Waals surface area (Å²) in [5.41, 5.74) is 4.09. The monoisotopic (exact) mass is 349 g/mol.